The van der Waals surface area contributed by atoms with Crippen LogP contribution in [-0.4, -0.2) is 17.0 Å². The monoisotopic (exact) mass is 309 g/mol. The summed E-state index contributed by atoms with van der Waals surface area (Å²) in [6.07, 6.45) is 6.13. The summed E-state index contributed by atoms with van der Waals surface area (Å²) < 4.78 is 0. The van der Waals surface area contributed by atoms with Crippen molar-refractivity contribution in [3.8, 4) is 0 Å². The van der Waals surface area contributed by atoms with E-state index in [2.05, 4.69) is 53.4 Å². The minimum Gasteiger partial charge on any atom is -0.289 e. The van der Waals surface area contributed by atoms with E-state index >= 15 is 0 Å². The summed E-state index contributed by atoms with van der Waals surface area (Å²) >= 11 is 6.39. The summed E-state index contributed by atoms with van der Waals surface area (Å²) in [5.41, 5.74) is 4.07. The van der Waals surface area contributed by atoms with Crippen LogP contribution in [0.3, 0.4) is 0 Å². The summed E-state index contributed by atoms with van der Waals surface area (Å²) in [4.78, 5) is 2.66. The molecule has 112 valence electrons. The third-order valence-corrected chi connectivity index (χ3v) is 5.30. The summed E-state index contributed by atoms with van der Waals surface area (Å²) in [5.74, 6) is 0. The van der Waals surface area contributed by atoms with Crippen LogP contribution >= 0.6 is 11.6 Å². The molecule has 0 N–H and O–H groups in total. The average molecular weight is 310 g/mol. The van der Waals surface area contributed by atoms with E-state index in [0.29, 0.717) is 12.1 Å². The molecule has 2 aromatic carbocycles. The number of halogens is 1. The lowest BCUT2D eigenvalue weighted by Crippen LogP contribution is -2.37. The van der Waals surface area contributed by atoms with Gasteiger partial charge in [0, 0.05) is 23.7 Å². The summed E-state index contributed by atoms with van der Waals surface area (Å²) in [7, 11) is 0. The fourth-order valence-electron chi connectivity index (χ4n) is 3.88. The van der Waals surface area contributed by atoms with E-state index in [1.165, 1.54) is 29.5 Å². The minimum atomic E-state index is 0.560. The van der Waals surface area contributed by atoms with Crippen LogP contribution in [0, 0.1) is 0 Å². The fourth-order valence-corrected chi connectivity index (χ4v) is 4.14. The first kappa shape index (κ1) is 14.0. The van der Waals surface area contributed by atoms with Gasteiger partial charge in [0.2, 0.25) is 0 Å². The number of benzene rings is 2. The normalized spacial score (nSPS) is 24.3. The quantitative estimate of drug-likeness (QED) is 0.757. The Bertz CT molecular complexity index is 692. The Morgan fingerprint density at radius 2 is 1.73 bits per heavy atom. The molecular weight excluding hydrogens is 290 g/mol. The van der Waals surface area contributed by atoms with Gasteiger partial charge in [0.1, 0.15) is 0 Å². The van der Waals surface area contributed by atoms with E-state index in [9.17, 15) is 0 Å². The van der Waals surface area contributed by atoms with Crippen molar-refractivity contribution < 1.29 is 0 Å². The maximum atomic E-state index is 6.39. The molecule has 2 atom stereocenters. The van der Waals surface area contributed by atoms with Gasteiger partial charge in [-0.05, 0) is 42.0 Å². The van der Waals surface area contributed by atoms with Gasteiger partial charge in [-0.2, -0.15) is 0 Å². The Morgan fingerprint density at radius 1 is 0.955 bits per heavy atom. The van der Waals surface area contributed by atoms with E-state index < -0.39 is 0 Å². The zero-order valence-electron chi connectivity index (χ0n) is 12.6. The van der Waals surface area contributed by atoms with Crippen molar-refractivity contribution in [3.05, 3.63) is 76.8 Å². The van der Waals surface area contributed by atoms with Crippen LogP contribution in [-0.2, 0) is 6.54 Å². The predicted octanol–water partition coefficient (Wildman–Crippen LogP) is 5.16. The highest BCUT2D eigenvalue weighted by molar-refractivity contribution is 6.32. The van der Waals surface area contributed by atoms with Gasteiger partial charge in [-0.25, -0.2) is 0 Å². The summed E-state index contributed by atoms with van der Waals surface area (Å²) in [6.45, 7) is 1.06. The van der Waals surface area contributed by atoms with Gasteiger partial charge in [0.15, 0.2) is 0 Å². The van der Waals surface area contributed by atoms with Crippen LogP contribution in [0.4, 0.5) is 0 Å². The summed E-state index contributed by atoms with van der Waals surface area (Å²) in [6, 6.07) is 20.3. The molecule has 1 saturated heterocycles. The van der Waals surface area contributed by atoms with Crippen molar-refractivity contribution in [2.75, 3.05) is 0 Å². The summed E-state index contributed by atoms with van der Waals surface area (Å²) in [5, 5.41) is 0.879. The zero-order chi connectivity index (χ0) is 14.9. The van der Waals surface area contributed by atoms with Crippen molar-refractivity contribution >= 4 is 17.2 Å². The lowest BCUT2D eigenvalue weighted by molar-refractivity contribution is 0.203. The molecule has 0 radical (unpaired) electrons. The molecule has 1 fully saturated rings. The van der Waals surface area contributed by atoms with E-state index in [-0.39, 0.29) is 0 Å². The van der Waals surface area contributed by atoms with Crippen LogP contribution in [0.25, 0.3) is 5.57 Å². The molecule has 0 amide bonds. The molecule has 0 saturated carbocycles. The molecule has 1 nitrogen and oxygen atoms in total. The van der Waals surface area contributed by atoms with Crippen LogP contribution < -0.4 is 0 Å². The van der Waals surface area contributed by atoms with Gasteiger partial charge in [-0.15, -0.1) is 0 Å². The molecular formula is C20H20ClN. The van der Waals surface area contributed by atoms with E-state index in [4.69, 9.17) is 11.6 Å². The van der Waals surface area contributed by atoms with Gasteiger partial charge in [0.25, 0.3) is 0 Å². The number of hydrogen-bond acceptors (Lipinski definition) is 1. The molecule has 2 aliphatic rings. The largest absolute Gasteiger partial charge is 0.289 e. The van der Waals surface area contributed by atoms with Gasteiger partial charge < -0.3 is 0 Å². The second-order valence-corrected chi connectivity index (χ2v) is 6.74. The maximum absolute atomic E-state index is 6.39. The fraction of sp³-hybridized carbons (Fsp3) is 0.300. The van der Waals surface area contributed by atoms with Crippen LogP contribution in [0.2, 0.25) is 5.02 Å². The van der Waals surface area contributed by atoms with E-state index in [0.717, 1.165) is 18.0 Å². The molecule has 2 aliphatic heterocycles. The SMILES string of the molecule is Clc1ccccc1C1=CC2CCC(C1)N2Cc1ccccc1. The molecule has 22 heavy (non-hydrogen) atoms. The van der Waals surface area contributed by atoms with Crippen molar-refractivity contribution in [2.45, 2.75) is 37.9 Å². The van der Waals surface area contributed by atoms with Gasteiger partial charge in [0.05, 0.1) is 0 Å². The standard InChI is InChI=1S/C20H20ClN/c21-20-9-5-4-8-19(20)16-12-17-10-11-18(13-16)22(17)14-15-6-2-1-3-7-15/h1-9,12,17-18H,10-11,13-14H2. The molecule has 2 bridgehead atoms. The van der Waals surface area contributed by atoms with Crippen LogP contribution in [0.1, 0.15) is 30.4 Å². The Balaban J connectivity index is 1.59. The smallest absolute Gasteiger partial charge is 0.0481 e. The van der Waals surface area contributed by atoms with Gasteiger partial charge in [-0.1, -0.05) is 66.2 Å². The van der Waals surface area contributed by atoms with Gasteiger partial charge >= 0.3 is 0 Å². The second-order valence-electron chi connectivity index (χ2n) is 6.33. The Kier molecular flexibility index (Phi) is 3.77. The predicted molar refractivity (Wildman–Crippen MR) is 92.8 cm³/mol. The molecule has 2 heteroatoms. The molecule has 0 spiro atoms. The lowest BCUT2D eigenvalue weighted by Gasteiger charge is -2.34. The highest BCUT2D eigenvalue weighted by Gasteiger charge is 2.36. The first-order chi connectivity index (χ1) is 10.8. The van der Waals surface area contributed by atoms with Crippen LogP contribution in [0.5, 0.6) is 0 Å². The Labute approximate surface area is 137 Å². The van der Waals surface area contributed by atoms with Crippen molar-refractivity contribution in [1.29, 1.82) is 0 Å². The number of hydrogen-bond donors (Lipinski definition) is 0. The third-order valence-electron chi connectivity index (χ3n) is 4.97. The Morgan fingerprint density at radius 3 is 2.50 bits per heavy atom. The second kappa shape index (κ2) is 5.91. The number of fused-ring (bicyclic) bond motifs is 2. The molecule has 2 heterocycles. The number of nitrogens with zero attached hydrogens (tertiary/aromatic N) is 1. The molecule has 4 rings (SSSR count). The van der Waals surface area contributed by atoms with Crippen LogP contribution in [0.15, 0.2) is 60.7 Å². The van der Waals surface area contributed by atoms with Gasteiger partial charge in [-0.3, -0.25) is 4.90 Å². The molecule has 2 unspecified atom stereocenters. The lowest BCUT2D eigenvalue weighted by atomic mass is 9.94. The third kappa shape index (κ3) is 2.60. The molecule has 2 aromatic rings. The van der Waals surface area contributed by atoms with E-state index in [1.54, 1.807) is 0 Å². The zero-order valence-corrected chi connectivity index (χ0v) is 13.3. The van der Waals surface area contributed by atoms with Crippen molar-refractivity contribution in [3.63, 3.8) is 0 Å². The highest BCUT2D eigenvalue weighted by atomic mass is 35.5. The number of rotatable bonds is 3. The highest BCUT2D eigenvalue weighted by Crippen LogP contribution is 2.40. The Hall–Kier alpha value is -1.57. The van der Waals surface area contributed by atoms with Crippen molar-refractivity contribution in [2.24, 2.45) is 0 Å². The van der Waals surface area contributed by atoms with Crippen molar-refractivity contribution in [1.82, 2.24) is 4.90 Å². The minimum absolute atomic E-state index is 0.560. The first-order valence-electron chi connectivity index (χ1n) is 8.06. The van der Waals surface area contributed by atoms with E-state index in [1.807, 2.05) is 12.1 Å². The molecule has 0 aromatic heterocycles. The first-order valence-corrected chi connectivity index (χ1v) is 8.44. The average Bonchev–Trinajstić information content (AvgIpc) is 2.78. The topological polar surface area (TPSA) is 3.24 Å². The maximum Gasteiger partial charge on any atom is 0.0481 e. The molecule has 0 aliphatic carbocycles.